The lowest BCUT2D eigenvalue weighted by atomic mass is 10.1. The average Bonchev–Trinajstić information content (AvgIpc) is 3.35. The summed E-state index contributed by atoms with van der Waals surface area (Å²) >= 11 is 0. The Kier molecular flexibility index (Phi) is 6.02. The van der Waals surface area contributed by atoms with Crippen LogP contribution in [0.25, 0.3) is 11.3 Å². The number of nitrogens with one attached hydrogen (secondary N) is 1. The summed E-state index contributed by atoms with van der Waals surface area (Å²) in [5.74, 6) is 1.68. The van der Waals surface area contributed by atoms with Gasteiger partial charge in [0.25, 0.3) is 5.91 Å². The molecule has 1 amide bonds. The number of amides is 1. The highest BCUT2D eigenvalue weighted by molar-refractivity contribution is 5.99. The first-order chi connectivity index (χ1) is 16.2. The van der Waals surface area contributed by atoms with Crippen molar-refractivity contribution < 1.29 is 4.79 Å². The quantitative estimate of drug-likeness (QED) is 0.489. The number of benzene rings is 2. The summed E-state index contributed by atoms with van der Waals surface area (Å²) in [4.78, 5) is 13.3. The highest BCUT2D eigenvalue weighted by Crippen LogP contribution is 2.23. The standard InChI is InChI=1S/C26H28N6O/c1-19-11-13-21(14-12-19)25-22(18-31(30-25)17-20-8-4-2-5-9-20)26(33)27-16-24-29-28-23-10-6-3-7-15-32(23)24/h2,4-5,8-9,11-14,18H,3,6-7,10,15-17H2,1H3,(H,27,33). The second-order valence-corrected chi connectivity index (χ2v) is 8.62. The summed E-state index contributed by atoms with van der Waals surface area (Å²) < 4.78 is 4.00. The maximum absolute atomic E-state index is 13.3. The molecule has 0 saturated heterocycles. The van der Waals surface area contributed by atoms with Crippen LogP contribution in [-0.2, 0) is 26.1 Å². The first-order valence-electron chi connectivity index (χ1n) is 11.5. The molecule has 0 fully saturated rings. The van der Waals surface area contributed by atoms with E-state index < -0.39 is 0 Å². The van der Waals surface area contributed by atoms with Crippen LogP contribution >= 0.6 is 0 Å². The van der Waals surface area contributed by atoms with Crippen molar-refractivity contribution in [3.63, 3.8) is 0 Å². The molecule has 0 spiro atoms. The Morgan fingerprint density at radius 3 is 2.64 bits per heavy atom. The van der Waals surface area contributed by atoms with Gasteiger partial charge >= 0.3 is 0 Å². The second-order valence-electron chi connectivity index (χ2n) is 8.62. The van der Waals surface area contributed by atoms with E-state index in [1.54, 1.807) is 0 Å². The summed E-state index contributed by atoms with van der Waals surface area (Å²) in [5.41, 5.74) is 4.47. The molecule has 2 aromatic carbocycles. The zero-order chi connectivity index (χ0) is 22.6. The van der Waals surface area contributed by atoms with Crippen molar-refractivity contribution in [3.8, 4) is 11.3 Å². The zero-order valence-corrected chi connectivity index (χ0v) is 18.9. The van der Waals surface area contributed by atoms with Crippen molar-refractivity contribution in [2.45, 2.75) is 52.2 Å². The molecular formula is C26H28N6O. The van der Waals surface area contributed by atoms with E-state index in [0.29, 0.717) is 24.3 Å². The van der Waals surface area contributed by atoms with Crippen LogP contribution in [0.4, 0.5) is 0 Å². The van der Waals surface area contributed by atoms with Crippen molar-refractivity contribution >= 4 is 5.91 Å². The molecule has 1 aliphatic rings. The third kappa shape index (κ3) is 4.72. The minimum absolute atomic E-state index is 0.157. The molecule has 33 heavy (non-hydrogen) atoms. The van der Waals surface area contributed by atoms with Gasteiger partial charge in [-0.2, -0.15) is 5.10 Å². The van der Waals surface area contributed by atoms with Crippen molar-refractivity contribution in [2.75, 3.05) is 0 Å². The Hall–Kier alpha value is -3.74. The highest BCUT2D eigenvalue weighted by Gasteiger charge is 2.20. The molecule has 0 aliphatic carbocycles. The van der Waals surface area contributed by atoms with E-state index in [9.17, 15) is 4.79 Å². The van der Waals surface area contributed by atoms with Gasteiger partial charge in [-0.05, 0) is 25.3 Å². The van der Waals surface area contributed by atoms with Crippen molar-refractivity contribution in [3.05, 3.63) is 89.1 Å². The fraction of sp³-hybridized carbons (Fsp3) is 0.308. The summed E-state index contributed by atoms with van der Waals surface area (Å²) in [5, 5.41) is 16.5. The van der Waals surface area contributed by atoms with Gasteiger partial charge in [-0.25, -0.2) is 0 Å². The molecule has 0 radical (unpaired) electrons. The first kappa shape index (κ1) is 21.1. The molecule has 1 aliphatic heterocycles. The Balaban J connectivity index is 1.40. The van der Waals surface area contributed by atoms with E-state index in [4.69, 9.17) is 5.10 Å². The third-order valence-corrected chi connectivity index (χ3v) is 6.11. The van der Waals surface area contributed by atoms with E-state index in [0.717, 1.165) is 48.6 Å². The fourth-order valence-corrected chi connectivity index (χ4v) is 4.29. The van der Waals surface area contributed by atoms with Gasteiger partial charge in [0, 0.05) is 24.7 Å². The molecule has 0 saturated carbocycles. The molecule has 0 bridgehead atoms. The summed E-state index contributed by atoms with van der Waals surface area (Å²) in [6.07, 6.45) is 6.25. The molecule has 2 aromatic heterocycles. The molecular weight excluding hydrogens is 412 g/mol. The molecule has 1 N–H and O–H groups in total. The third-order valence-electron chi connectivity index (χ3n) is 6.11. The number of carbonyl (C=O) groups is 1. The van der Waals surface area contributed by atoms with Gasteiger partial charge in [0.1, 0.15) is 11.5 Å². The number of rotatable bonds is 6. The highest BCUT2D eigenvalue weighted by atomic mass is 16.1. The van der Waals surface area contributed by atoms with E-state index in [-0.39, 0.29) is 5.91 Å². The number of carbonyl (C=O) groups excluding carboxylic acids is 1. The van der Waals surface area contributed by atoms with Crippen molar-refractivity contribution in [2.24, 2.45) is 0 Å². The molecule has 168 valence electrons. The molecule has 3 heterocycles. The van der Waals surface area contributed by atoms with E-state index in [1.807, 2.05) is 60.3 Å². The van der Waals surface area contributed by atoms with Gasteiger partial charge in [-0.1, -0.05) is 66.6 Å². The van der Waals surface area contributed by atoms with Crippen LogP contribution in [0.5, 0.6) is 0 Å². The van der Waals surface area contributed by atoms with Crippen LogP contribution in [0.1, 0.15) is 52.4 Å². The summed E-state index contributed by atoms with van der Waals surface area (Å²) in [7, 11) is 0. The number of hydrogen-bond acceptors (Lipinski definition) is 4. The van der Waals surface area contributed by atoms with E-state index in [1.165, 1.54) is 12.0 Å². The Bertz CT molecular complexity index is 1240. The Morgan fingerprint density at radius 2 is 1.82 bits per heavy atom. The van der Waals surface area contributed by atoms with Crippen LogP contribution in [0.2, 0.25) is 0 Å². The second kappa shape index (κ2) is 9.40. The van der Waals surface area contributed by atoms with Crippen LogP contribution in [-0.4, -0.2) is 30.5 Å². The predicted molar refractivity (Wildman–Crippen MR) is 127 cm³/mol. The molecule has 7 nitrogen and oxygen atoms in total. The van der Waals surface area contributed by atoms with Gasteiger partial charge in [-0.3, -0.25) is 9.48 Å². The lowest BCUT2D eigenvalue weighted by molar-refractivity contribution is 0.0950. The van der Waals surface area contributed by atoms with Gasteiger partial charge in [0.05, 0.1) is 18.7 Å². The summed E-state index contributed by atoms with van der Waals surface area (Å²) in [6, 6.07) is 18.2. The SMILES string of the molecule is Cc1ccc(-c2nn(Cc3ccccc3)cc2C(=O)NCc2nnc3n2CCCCC3)cc1. The summed E-state index contributed by atoms with van der Waals surface area (Å²) in [6.45, 7) is 3.91. The van der Waals surface area contributed by atoms with Gasteiger partial charge in [-0.15, -0.1) is 10.2 Å². The minimum Gasteiger partial charge on any atom is -0.345 e. The molecule has 0 atom stereocenters. The maximum Gasteiger partial charge on any atom is 0.255 e. The number of aryl methyl sites for hydroxylation is 2. The lowest BCUT2D eigenvalue weighted by Crippen LogP contribution is -2.25. The van der Waals surface area contributed by atoms with Crippen LogP contribution in [0, 0.1) is 6.92 Å². The van der Waals surface area contributed by atoms with Gasteiger partial charge in [0.15, 0.2) is 5.82 Å². The Labute approximate surface area is 193 Å². The molecule has 0 unspecified atom stereocenters. The largest absolute Gasteiger partial charge is 0.345 e. The number of aromatic nitrogens is 5. The lowest BCUT2D eigenvalue weighted by Gasteiger charge is -2.08. The Morgan fingerprint density at radius 1 is 1.00 bits per heavy atom. The maximum atomic E-state index is 13.3. The first-order valence-corrected chi connectivity index (χ1v) is 11.5. The molecule has 7 heteroatoms. The monoisotopic (exact) mass is 440 g/mol. The number of fused-ring (bicyclic) bond motifs is 1. The van der Waals surface area contributed by atoms with E-state index in [2.05, 4.69) is 32.2 Å². The number of nitrogens with zero attached hydrogens (tertiary/aromatic N) is 5. The van der Waals surface area contributed by atoms with Gasteiger partial charge < -0.3 is 9.88 Å². The molecule has 5 rings (SSSR count). The fourth-order valence-electron chi connectivity index (χ4n) is 4.29. The van der Waals surface area contributed by atoms with E-state index >= 15 is 0 Å². The number of hydrogen-bond donors (Lipinski definition) is 1. The normalized spacial score (nSPS) is 13.4. The minimum atomic E-state index is -0.157. The van der Waals surface area contributed by atoms with Crippen molar-refractivity contribution in [1.29, 1.82) is 0 Å². The van der Waals surface area contributed by atoms with Gasteiger partial charge in [0.2, 0.25) is 0 Å². The molecule has 4 aromatic rings. The van der Waals surface area contributed by atoms with Crippen molar-refractivity contribution in [1.82, 2.24) is 29.9 Å². The van der Waals surface area contributed by atoms with Crippen LogP contribution in [0.15, 0.2) is 60.8 Å². The van der Waals surface area contributed by atoms with Crippen LogP contribution < -0.4 is 5.32 Å². The smallest absolute Gasteiger partial charge is 0.255 e. The zero-order valence-electron chi connectivity index (χ0n) is 18.9. The predicted octanol–water partition coefficient (Wildman–Crippen LogP) is 4.15. The topological polar surface area (TPSA) is 77.6 Å². The average molecular weight is 441 g/mol. The van der Waals surface area contributed by atoms with Crippen LogP contribution in [0.3, 0.4) is 0 Å².